The predicted molar refractivity (Wildman–Crippen MR) is 42.9 cm³/mol. The maximum absolute atomic E-state index is 10.0. The quantitative estimate of drug-likeness (QED) is 0.268. The minimum Gasteiger partial charge on any atom is -0.427 e. The van der Waals surface area contributed by atoms with Gasteiger partial charge in [0.2, 0.25) is 0 Å². The normalized spacial score (nSPS) is 12.6. The number of aldehydes is 1. The highest BCUT2D eigenvalue weighted by molar-refractivity contribution is 6.40. The molecule has 1 unspecified atom stereocenters. The number of unbranched alkanes of at least 4 members (excludes halogenated alkanes) is 1. The first-order valence-electron chi connectivity index (χ1n) is 3.74. The maximum atomic E-state index is 10.0. The van der Waals surface area contributed by atoms with Crippen LogP contribution in [0.1, 0.15) is 19.3 Å². The lowest BCUT2D eigenvalue weighted by atomic mass is 9.83. The van der Waals surface area contributed by atoms with Gasteiger partial charge in [-0.05, 0) is 12.7 Å². The summed E-state index contributed by atoms with van der Waals surface area (Å²) in [6.45, 7) is 0. The third-order valence-electron chi connectivity index (χ3n) is 1.42. The Hall–Kier alpha value is -0.385. The lowest BCUT2D eigenvalue weighted by Gasteiger charge is -2.02. The minimum atomic E-state index is -1.23. The Kier molecular flexibility index (Phi) is 6.11. The summed E-state index contributed by atoms with van der Waals surface area (Å²) in [7, 11) is -1.23. The van der Waals surface area contributed by atoms with Gasteiger partial charge in [-0.2, -0.15) is 0 Å². The molecule has 0 saturated carbocycles. The van der Waals surface area contributed by atoms with Crippen molar-refractivity contribution in [3.05, 3.63) is 0 Å². The van der Waals surface area contributed by atoms with E-state index in [0.29, 0.717) is 25.4 Å². The van der Waals surface area contributed by atoms with Gasteiger partial charge in [-0.15, -0.1) is 0 Å². The fraction of sp³-hybridized carbons (Fsp3) is 0.833. The van der Waals surface area contributed by atoms with Crippen molar-refractivity contribution in [1.29, 1.82) is 0 Å². The van der Waals surface area contributed by atoms with Crippen LogP contribution in [0.3, 0.4) is 0 Å². The lowest BCUT2D eigenvalue weighted by molar-refractivity contribution is -0.109. The molecular formula is C6H14BNO3. The van der Waals surface area contributed by atoms with Gasteiger partial charge in [0.1, 0.15) is 6.29 Å². The van der Waals surface area contributed by atoms with Crippen molar-refractivity contribution in [2.75, 3.05) is 0 Å². The van der Waals surface area contributed by atoms with Crippen LogP contribution in [0.2, 0.25) is 6.32 Å². The number of rotatable bonds is 6. The molecule has 0 saturated heterocycles. The highest BCUT2D eigenvalue weighted by Gasteiger charge is 2.06. The largest absolute Gasteiger partial charge is 0.451 e. The van der Waals surface area contributed by atoms with Gasteiger partial charge in [-0.3, -0.25) is 0 Å². The average molecular weight is 159 g/mol. The summed E-state index contributed by atoms with van der Waals surface area (Å²) < 4.78 is 0. The summed E-state index contributed by atoms with van der Waals surface area (Å²) >= 11 is 0. The van der Waals surface area contributed by atoms with Crippen molar-refractivity contribution >= 4 is 13.4 Å². The summed E-state index contributed by atoms with van der Waals surface area (Å²) in [6.07, 6.45) is 3.13. The van der Waals surface area contributed by atoms with E-state index in [1.165, 1.54) is 0 Å². The molecule has 0 bridgehead atoms. The molecule has 0 aliphatic heterocycles. The first kappa shape index (κ1) is 10.6. The molecule has 5 heteroatoms. The Balaban J connectivity index is 3.07. The Morgan fingerprint density at radius 2 is 2.09 bits per heavy atom. The van der Waals surface area contributed by atoms with Gasteiger partial charge in [0.05, 0.1) is 6.04 Å². The summed E-state index contributed by atoms with van der Waals surface area (Å²) in [4.78, 5) is 10.0. The van der Waals surface area contributed by atoms with Crippen LogP contribution in [0.5, 0.6) is 0 Å². The zero-order valence-corrected chi connectivity index (χ0v) is 6.44. The minimum absolute atomic E-state index is 0.353. The van der Waals surface area contributed by atoms with Gasteiger partial charge in [-0.1, -0.05) is 12.8 Å². The molecule has 0 heterocycles. The first-order valence-corrected chi connectivity index (χ1v) is 3.74. The lowest BCUT2D eigenvalue weighted by Crippen LogP contribution is -2.21. The van der Waals surface area contributed by atoms with Crippen LogP contribution in [0, 0.1) is 0 Å². The number of hydrogen-bond acceptors (Lipinski definition) is 4. The van der Waals surface area contributed by atoms with Crippen molar-refractivity contribution in [2.45, 2.75) is 31.6 Å². The zero-order chi connectivity index (χ0) is 8.69. The molecule has 0 spiro atoms. The molecule has 0 aliphatic carbocycles. The molecule has 0 radical (unpaired) electrons. The van der Waals surface area contributed by atoms with Crippen molar-refractivity contribution in [3.63, 3.8) is 0 Å². The molecule has 0 fully saturated rings. The van der Waals surface area contributed by atoms with Gasteiger partial charge in [0.15, 0.2) is 0 Å². The summed E-state index contributed by atoms with van der Waals surface area (Å²) in [5.74, 6) is 0. The van der Waals surface area contributed by atoms with E-state index in [2.05, 4.69) is 0 Å². The summed E-state index contributed by atoms with van der Waals surface area (Å²) in [6, 6.07) is -0.397. The van der Waals surface area contributed by atoms with Crippen LogP contribution in [0.25, 0.3) is 0 Å². The van der Waals surface area contributed by atoms with E-state index < -0.39 is 13.2 Å². The van der Waals surface area contributed by atoms with Crippen LogP contribution in [-0.4, -0.2) is 29.5 Å². The highest BCUT2D eigenvalue weighted by atomic mass is 16.4. The first-order chi connectivity index (χ1) is 5.16. The molecule has 0 aromatic heterocycles. The van der Waals surface area contributed by atoms with Crippen LogP contribution < -0.4 is 5.73 Å². The second-order valence-corrected chi connectivity index (χ2v) is 2.57. The second-order valence-electron chi connectivity index (χ2n) is 2.57. The molecule has 11 heavy (non-hydrogen) atoms. The number of carbonyl (C=O) groups excluding carboxylic acids is 1. The predicted octanol–water partition coefficient (Wildman–Crippen LogP) is -0.844. The second kappa shape index (κ2) is 6.33. The smallest absolute Gasteiger partial charge is 0.427 e. The fourth-order valence-electron chi connectivity index (χ4n) is 0.775. The summed E-state index contributed by atoms with van der Waals surface area (Å²) in [5.41, 5.74) is 5.30. The number of hydrogen-bond donors (Lipinski definition) is 3. The van der Waals surface area contributed by atoms with Gasteiger partial charge in [0, 0.05) is 0 Å². The fourth-order valence-corrected chi connectivity index (χ4v) is 0.775. The molecule has 0 rings (SSSR count). The molecule has 4 N–H and O–H groups in total. The van der Waals surface area contributed by atoms with E-state index in [-0.39, 0.29) is 0 Å². The van der Waals surface area contributed by atoms with E-state index in [1.54, 1.807) is 0 Å². The van der Waals surface area contributed by atoms with Gasteiger partial charge in [0.25, 0.3) is 0 Å². The molecule has 1 atom stereocenters. The van der Waals surface area contributed by atoms with Crippen LogP contribution in [0.4, 0.5) is 0 Å². The van der Waals surface area contributed by atoms with Crippen LogP contribution >= 0.6 is 0 Å². The molecule has 0 amide bonds. The molecule has 4 nitrogen and oxygen atoms in total. The van der Waals surface area contributed by atoms with Crippen molar-refractivity contribution in [2.24, 2.45) is 5.73 Å². The molecule has 0 aliphatic rings. The SMILES string of the molecule is NC(C=O)CCCCB(O)O. The van der Waals surface area contributed by atoms with Crippen molar-refractivity contribution in [1.82, 2.24) is 0 Å². The maximum Gasteiger partial charge on any atom is 0.451 e. The Bertz CT molecular complexity index is 110. The monoisotopic (exact) mass is 159 g/mol. The Morgan fingerprint density at radius 1 is 1.45 bits per heavy atom. The van der Waals surface area contributed by atoms with Gasteiger partial charge < -0.3 is 20.6 Å². The van der Waals surface area contributed by atoms with Crippen molar-refractivity contribution < 1.29 is 14.8 Å². The molecule has 0 aromatic rings. The van der Waals surface area contributed by atoms with E-state index in [4.69, 9.17) is 15.8 Å². The van der Waals surface area contributed by atoms with Gasteiger partial charge >= 0.3 is 7.12 Å². The molecular weight excluding hydrogens is 145 g/mol. The van der Waals surface area contributed by atoms with Crippen molar-refractivity contribution in [3.8, 4) is 0 Å². The van der Waals surface area contributed by atoms with E-state index in [0.717, 1.165) is 6.42 Å². The third-order valence-corrected chi connectivity index (χ3v) is 1.42. The van der Waals surface area contributed by atoms with Gasteiger partial charge in [-0.25, -0.2) is 0 Å². The Morgan fingerprint density at radius 3 is 2.55 bits per heavy atom. The topological polar surface area (TPSA) is 83.6 Å². The highest BCUT2D eigenvalue weighted by Crippen LogP contribution is 2.02. The van der Waals surface area contributed by atoms with E-state index in [1.807, 2.05) is 0 Å². The standard InChI is InChI=1S/C6H14BNO3/c8-6(5-9)3-1-2-4-7(10)11/h5-6,10-11H,1-4,8H2. The summed E-state index contributed by atoms with van der Waals surface area (Å²) in [5, 5.41) is 16.9. The number of carbonyl (C=O) groups is 1. The van der Waals surface area contributed by atoms with E-state index >= 15 is 0 Å². The molecule has 64 valence electrons. The third kappa shape index (κ3) is 7.51. The number of nitrogens with two attached hydrogens (primary N) is 1. The van der Waals surface area contributed by atoms with Crippen LogP contribution in [0.15, 0.2) is 0 Å². The Labute approximate surface area is 66.5 Å². The molecule has 0 aromatic carbocycles. The van der Waals surface area contributed by atoms with Crippen LogP contribution in [-0.2, 0) is 4.79 Å². The van der Waals surface area contributed by atoms with E-state index in [9.17, 15) is 4.79 Å². The average Bonchev–Trinajstić information content (AvgIpc) is 1.97. The zero-order valence-electron chi connectivity index (χ0n) is 6.44.